The third kappa shape index (κ3) is 2.87. The summed E-state index contributed by atoms with van der Waals surface area (Å²) < 4.78 is 8.11. The van der Waals surface area contributed by atoms with Gasteiger partial charge in [-0.15, -0.1) is 0 Å². The average Bonchev–Trinajstić information content (AvgIpc) is 3.11. The normalized spacial score (nSPS) is 25.1. The lowest BCUT2D eigenvalue weighted by Gasteiger charge is -2.22. The highest BCUT2D eigenvalue weighted by Gasteiger charge is 2.25. The van der Waals surface area contributed by atoms with E-state index in [-0.39, 0.29) is 0 Å². The molecule has 1 aliphatic heterocycles. The number of rotatable bonds is 5. The van der Waals surface area contributed by atoms with Crippen LogP contribution in [0.25, 0.3) is 0 Å². The molecular weight excluding hydrogens is 214 g/mol. The van der Waals surface area contributed by atoms with Gasteiger partial charge in [-0.05, 0) is 38.1 Å². The molecule has 0 radical (unpaired) electrons. The Bertz CT molecular complexity index is 353. The molecule has 2 aliphatic rings. The molecule has 0 amide bonds. The van der Waals surface area contributed by atoms with Crippen LogP contribution in [0.5, 0.6) is 0 Å². The molecule has 3 rings (SSSR count). The molecule has 4 heteroatoms. The Hall–Kier alpha value is -0.870. The van der Waals surface area contributed by atoms with Gasteiger partial charge >= 0.3 is 0 Å². The van der Waals surface area contributed by atoms with E-state index in [9.17, 15) is 0 Å². The first-order valence-corrected chi connectivity index (χ1v) is 6.72. The Balaban J connectivity index is 1.45. The van der Waals surface area contributed by atoms with Crippen LogP contribution in [0, 0.1) is 5.92 Å². The largest absolute Gasteiger partial charge is 0.375 e. The summed E-state index contributed by atoms with van der Waals surface area (Å²) in [5.74, 6) is 0.695. The molecule has 2 fully saturated rings. The Morgan fingerprint density at radius 2 is 2.35 bits per heavy atom. The van der Waals surface area contributed by atoms with Gasteiger partial charge < -0.3 is 14.6 Å². The number of imidazole rings is 1. The molecule has 2 heterocycles. The van der Waals surface area contributed by atoms with Crippen LogP contribution in [0.2, 0.25) is 0 Å². The molecule has 0 aromatic carbocycles. The number of hydrogen-bond acceptors (Lipinski definition) is 3. The van der Waals surface area contributed by atoms with Crippen LogP contribution in [-0.4, -0.2) is 29.2 Å². The van der Waals surface area contributed by atoms with Crippen molar-refractivity contribution in [2.75, 3.05) is 19.7 Å². The summed E-state index contributed by atoms with van der Waals surface area (Å²) in [6, 6.07) is 0.701. The van der Waals surface area contributed by atoms with Gasteiger partial charge in [-0.3, -0.25) is 0 Å². The van der Waals surface area contributed by atoms with Crippen molar-refractivity contribution in [2.45, 2.75) is 38.3 Å². The zero-order valence-corrected chi connectivity index (χ0v) is 10.3. The van der Waals surface area contributed by atoms with Crippen LogP contribution in [0.15, 0.2) is 12.5 Å². The summed E-state index contributed by atoms with van der Waals surface area (Å²) in [4.78, 5) is 4.22. The zero-order valence-electron chi connectivity index (χ0n) is 10.3. The predicted octanol–water partition coefficient (Wildman–Crippen LogP) is 1.73. The van der Waals surface area contributed by atoms with E-state index in [0.29, 0.717) is 18.6 Å². The standard InChI is InChI=1S/C13H21N3O/c1-2-11(6-14-5-1)8-17-9-13-7-15-10-16(13)12-3-4-12/h7,10-12,14H,1-6,8-9H2. The zero-order chi connectivity index (χ0) is 11.5. The van der Waals surface area contributed by atoms with Gasteiger partial charge in [0.15, 0.2) is 0 Å². The fraction of sp³-hybridized carbons (Fsp3) is 0.769. The van der Waals surface area contributed by atoms with Gasteiger partial charge in [-0.2, -0.15) is 0 Å². The molecule has 1 saturated carbocycles. The van der Waals surface area contributed by atoms with Crippen LogP contribution >= 0.6 is 0 Å². The quantitative estimate of drug-likeness (QED) is 0.845. The van der Waals surface area contributed by atoms with Gasteiger partial charge in [0.25, 0.3) is 0 Å². The van der Waals surface area contributed by atoms with Gasteiger partial charge in [0, 0.05) is 12.6 Å². The minimum atomic E-state index is 0.695. The Morgan fingerprint density at radius 1 is 1.41 bits per heavy atom. The lowest BCUT2D eigenvalue weighted by molar-refractivity contribution is 0.0745. The van der Waals surface area contributed by atoms with E-state index in [0.717, 1.165) is 13.2 Å². The fourth-order valence-corrected chi connectivity index (χ4v) is 2.52. The van der Waals surface area contributed by atoms with E-state index in [1.54, 1.807) is 0 Å². The highest BCUT2D eigenvalue weighted by atomic mass is 16.5. The third-order valence-corrected chi connectivity index (χ3v) is 3.69. The molecule has 4 nitrogen and oxygen atoms in total. The first-order valence-electron chi connectivity index (χ1n) is 6.72. The van der Waals surface area contributed by atoms with E-state index in [1.165, 1.54) is 37.9 Å². The summed E-state index contributed by atoms with van der Waals surface area (Å²) in [6.07, 6.45) is 9.07. The molecular formula is C13H21N3O. The molecule has 0 bridgehead atoms. The highest BCUT2D eigenvalue weighted by molar-refractivity contribution is 5.02. The molecule has 1 N–H and O–H groups in total. The second kappa shape index (κ2) is 5.19. The van der Waals surface area contributed by atoms with E-state index < -0.39 is 0 Å². The van der Waals surface area contributed by atoms with Crippen molar-refractivity contribution >= 4 is 0 Å². The topological polar surface area (TPSA) is 39.1 Å². The molecule has 1 aliphatic carbocycles. The Kier molecular flexibility index (Phi) is 3.43. The summed E-state index contributed by atoms with van der Waals surface area (Å²) in [5, 5.41) is 3.42. The molecule has 1 saturated heterocycles. The van der Waals surface area contributed by atoms with Crippen molar-refractivity contribution in [3.8, 4) is 0 Å². The number of nitrogens with one attached hydrogen (secondary N) is 1. The maximum absolute atomic E-state index is 5.84. The number of nitrogens with zero attached hydrogens (tertiary/aromatic N) is 2. The number of aromatic nitrogens is 2. The number of ether oxygens (including phenoxy) is 1. The van der Waals surface area contributed by atoms with E-state index in [1.807, 2.05) is 12.5 Å². The summed E-state index contributed by atoms with van der Waals surface area (Å²) in [6.45, 7) is 3.88. The molecule has 0 spiro atoms. The van der Waals surface area contributed by atoms with Crippen molar-refractivity contribution in [1.82, 2.24) is 14.9 Å². The number of piperidine rings is 1. The molecule has 1 aromatic rings. The summed E-state index contributed by atoms with van der Waals surface area (Å²) in [7, 11) is 0. The van der Waals surface area contributed by atoms with Gasteiger partial charge in [-0.1, -0.05) is 0 Å². The smallest absolute Gasteiger partial charge is 0.0951 e. The summed E-state index contributed by atoms with van der Waals surface area (Å²) >= 11 is 0. The fourth-order valence-electron chi connectivity index (χ4n) is 2.52. The maximum Gasteiger partial charge on any atom is 0.0951 e. The van der Waals surface area contributed by atoms with Crippen molar-refractivity contribution in [1.29, 1.82) is 0 Å². The van der Waals surface area contributed by atoms with Gasteiger partial charge in [0.05, 0.1) is 31.4 Å². The van der Waals surface area contributed by atoms with Crippen molar-refractivity contribution in [2.24, 2.45) is 5.92 Å². The number of hydrogen-bond donors (Lipinski definition) is 1. The second-order valence-corrected chi connectivity index (χ2v) is 5.25. The lowest BCUT2D eigenvalue weighted by Crippen LogP contribution is -2.32. The van der Waals surface area contributed by atoms with Gasteiger partial charge in [0.2, 0.25) is 0 Å². The first kappa shape index (κ1) is 11.2. The van der Waals surface area contributed by atoms with E-state index >= 15 is 0 Å². The average molecular weight is 235 g/mol. The monoisotopic (exact) mass is 235 g/mol. The van der Waals surface area contributed by atoms with Crippen LogP contribution in [0.3, 0.4) is 0 Å². The molecule has 1 unspecified atom stereocenters. The SMILES string of the molecule is c1ncn(C2CC2)c1COCC1CCCNC1. The van der Waals surface area contributed by atoms with Crippen molar-refractivity contribution in [3.05, 3.63) is 18.2 Å². The Labute approximate surface area is 102 Å². The van der Waals surface area contributed by atoms with Crippen molar-refractivity contribution < 1.29 is 4.74 Å². The van der Waals surface area contributed by atoms with Crippen LogP contribution in [0.4, 0.5) is 0 Å². The molecule has 17 heavy (non-hydrogen) atoms. The van der Waals surface area contributed by atoms with E-state index in [4.69, 9.17) is 4.74 Å². The Morgan fingerprint density at radius 3 is 3.12 bits per heavy atom. The highest BCUT2D eigenvalue weighted by Crippen LogP contribution is 2.35. The minimum Gasteiger partial charge on any atom is -0.375 e. The summed E-state index contributed by atoms with van der Waals surface area (Å²) in [5.41, 5.74) is 1.23. The third-order valence-electron chi connectivity index (χ3n) is 3.69. The maximum atomic E-state index is 5.84. The van der Waals surface area contributed by atoms with Crippen molar-refractivity contribution in [3.63, 3.8) is 0 Å². The predicted molar refractivity (Wildman–Crippen MR) is 65.7 cm³/mol. The lowest BCUT2D eigenvalue weighted by atomic mass is 10.0. The minimum absolute atomic E-state index is 0.695. The van der Waals surface area contributed by atoms with Crippen LogP contribution in [-0.2, 0) is 11.3 Å². The second-order valence-electron chi connectivity index (χ2n) is 5.25. The first-order chi connectivity index (χ1) is 8.43. The van der Waals surface area contributed by atoms with E-state index in [2.05, 4.69) is 14.9 Å². The molecule has 1 aromatic heterocycles. The van der Waals surface area contributed by atoms with Crippen LogP contribution < -0.4 is 5.32 Å². The van der Waals surface area contributed by atoms with Gasteiger partial charge in [-0.25, -0.2) is 4.98 Å². The van der Waals surface area contributed by atoms with Crippen LogP contribution in [0.1, 0.15) is 37.4 Å². The molecule has 94 valence electrons. The van der Waals surface area contributed by atoms with Gasteiger partial charge in [0.1, 0.15) is 0 Å². The molecule has 1 atom stereocenters.